The summed E-state index contributed by atoms with van der Waals surface area (Å²) >= 11 is 0. The fraction of sp³-hybridized carbons (Fsp3) is 0.889. The third kappa shape index (κ3) is 1.00. The molecule has 0 spiro atoms. The highest BCUT2D eigenvalue weighted by atomic mass is 16.3. The molecule has 0 saturated carbocycles. The Morgan fingerprint density at radius 1 is 1.58 bits per heavy atom. The number of fused-ring (bicyclic) bond motifs is 1. The van der Waals surface area contributed by atoms with Crippen LogP contribution in [0.3, 0.4) is 0 Å². The second kappa shape index (κ2) is 2.54. The maximum atomic E-state index is 11.4. The molecule has 2 aliphatic heterocycles. The Balaban J connectivity index is 2.23. The molecule has 12 heavy (non-hydrogen) atoms. The monoisotopic (exact) mass is 169 g/mol. The zero-order chi connectivity index (χ0) is 8.77. The van der Waals surface area contributed by atoms with Crippen LogP contribution in [-0.2, 0) is 4.79 Å². The second-order valence-corrected chi connectivity index (χ2v) is 4.01. The van der Waals surface area contributed by atoms with Crippen LogP contribution >= 0.6 is 0 Å². The Morgan fingerprint density at radius 3 is 3.08 bits per heavy atom. The summed E-state index contributed by atoms with van der Waals surface area (Å²) in [6, 6.07) is 0.0961. The van der Waals surface area contributed by atoms with Crippen molar-refractivity contribution >= 4 is 5.78 Å². The molecule has 3 heteroatoms. The smallest absolute Gasteiger partial charge is 0.166 e. The van der Waals surface area contributed by atoms with Crippen LogP contribution < -0.4 is 0 Å². The first-order valence-electron chi connectivity index (χ1n) is 4.62. The van der Waals surface area contributed by atoms with Crippen molar-refractivity contribution in [1.29, 1.82) is 0 Å². The minimum Gasteiger partial charge on any atom is -0.381 e. The van der Waals surface area contributed by atoms with E-state index in [2.05, 4.69) is 4.90 Å². The first-order chi connectivity index (χ1) is 5.62. The van der Waals surface area contributed by atoms with Crippen molar-refractivity contribution in [3.63, 3.8) is 0 Å². The lowest BCUT2D eigenvalue weighted by Gasteiger charge is -2.39. The van der Waals surface area contributed by atoms with E-state index in [0.29, 0.717) is 6.42 Å². The molecule has 68 valence electrons. The Bertz CT molecular complexity index is 213. The van der Waals surface area contributed by atoms with E-state index in [9.17, 15) is 9.90 Å². The molecule has 3 nitrogen and oxygen atoms in total. The fourth-order valence-electron chi connectivity index (χ4n) is 2.41. The summed E-state index contributed by atoms with van der Waals surface area (Å²) in [5, 5.41) is 9.92. The average Bonchev–Trinajstić information content (AvgIpc) is 2.46. The molecular formula is C9H15NO2. The second-order valence-electron chi connectivity index (χ2n) is 4.01. The molecule has 0 aromatic rings. The van der Waals surface area contributed by atoms with Crippen LogP contribution in [0.1, 0.15) is 26.2 Å². The molecule has 0 unspecified atom stereocenters. The maximum absolute atomic E-state index is 11.4. The minimum absolute atomic E-state index is 0.0191. The number of nitrogens with zero attached hydrogens (tertiary/aromatic N) is 1. The molecule has 0 amide bonds. The molecule has 2 rings (SSSR count). The van der Waals surface area contributed by atoms with E-state index in [1.165, 1.54) is 0 Å². The van der Waals surface area contributed by atoms with Crippen molar-refractivity contribution in [2.75, 3.05) is 13.1 Å². The summed E-state index contributed by atoms with van der Waals surface area (Å²) in [6.07, 6.45) is 2.61. The number of rotatable bonds is 0. The van der Waals surface area contributed by atoms with Crippen LogP contribution in [-0.4, -0.2) is 40.5 Å². The number of carbonyl (C=O) groups excluding carboxylic acids is 1. The Labute approximate surface area is 72.4 Å². The number of carbonyl (C=O) groups is 1. The molecule has 2 aliphatic rings. The van der Waals surface area contributed by atoms with E-state index in [0.717, 1.165) is 25.9 Å². The Kier molecular flexibility index (Phi) is 1.73. The van der Waals surface area contributed by atoms with Crippen LogP contribution in [0.4, 0.5) is 0 Å². The van der Waals surface area contributed by atoms with Gasteiger partial charge in [-0.2, -0.15) is 0 Å². The van der Waals surface area contributed by atoms with Gasteiger partial charge in [0, 0.05) is 19.0 Å². The van der Waals surface area contributed by atoms with Gasteiger partial charge in [-0.25, -0.2) is 0 Å². The maximum Gasteiger partial charge on any atom is 0.166 e. The number of ketones is 1. The number of aliphatic hydroxyl groups is 1. The van der Waals surface area contributed by atoms with Crippen LogP contribution in [0, 0.1) is 0 Å². The molecule has 0 radical (unpaired) electrons. The molecule has 0 aliphatic carbocycles. The van der Waals surface area contributed by atoms with Gasteiger partial charge in [0.25, 0.3) is 0 Å². The predicted molar refractivity (Wildman–Crippen MR) is 44.8 cm³/mol. The molecule has 2 fully saturated rings. The van der Waals surface area contributed by atoms with Crippen molar-refractivity contribution in [2.45, 2.75) is 37.8 Å². The van der Waals surface area contributed by atoms with Gasteiger partial charge in [-0.05, 0) is 26.3 Å². The van der Waals surface area contributed by atoms with Gasteiger partial charge < -0.3 is 5.11 Å². The summed E-state index contributed by atoms with van der Waals surface area (Å²) in [5.74, 6) is 0.0191. The number of Topliss-reactive ketones (excluding diaryl/α,β-unsaturated/α-hetero) is 1. The minimum atomic E-state index is -1.07. The molecule has 0 aromatic heterocycles. The Hall–Kier alpha value is -0.410. The van der Waals surface area contributed by atoms with Crippen molar-refractivity contribution in [3.05, 3.63) is 0 Å². The first kappa shape index (κ1) is 8.20. The van der Waals surface area contributed by atoms with Gasteiger partial charge in [-0.1, -0.05) is 0 Å². The summed E-state index contributed by atoms with van der Waals surface area (Å²) in [4.78, 5) is 13.6. The first-order valence-corrected chi connectivity index (χ1v) is 4.62. The normalized spacial score (nSPS) is 43.2. The Morgan fingerprint density at radius 2 is 2.33 bits per heavy atom. The number of piperidine rings is 1. The van der Waals surface area contributed by atoms with Crippen LogP contribution in [0.15, 0.2) is 0 Å². The van der Waals surface area contributed by atoms with Gasteiger partial charge in [0.1, 0.15) is 5.60 Å². The lowest BCUT2D eigenvalue weighted by Crippen LogP contribution is -2.57. The molecule has 2 saturated heterocycles. The lowest BCUT2D eigenvalue weighted by atomic mass is 9.85. The van der Waals surface area contributed by atoms with Crippen molar-refractivity contribution < 1.29 is 9.90 Å². The largest absolute Gasteiger partial charge is 0.381 e. The highest BCUT2D eigenvalue weighted by Crippen LogP contribution is 2.32. The zero-order valence-electron chi connectivity index (χ0n) is 7.42. The highest BCUT2D eigenvalue weighted by molar-refractivity contribution is 5.88. The SMILES string of the molecule is C[C@@]1(O)C(=O)CCN2CCC[C@H]21. The standard InChI is InChI=1S/C9H15NO2/c1-9(12)7-3-2-5-10(7)6-4-8(9)11/h7,12H,2-6H2,1H3/t7-,9-/m0/s1. The number of hydrogen-bond acceptors (Lipinski definition) is 3. The highest BCUT2D eigenvalue weighted by Gasteiger charge is 2.47. The lowest BCUT2D eigenvalue weighted by molar-refractivity contribution is -0.147. The van der Waals surface area contributed by atoms with Gasteiger partial charge in [0.05, 0.1) is 0 Å². The van der Waals surface area contributed by atoms with Gasteiger partial charge >= 0.3 is 0 Å². The fourth-order valence-corrected chi connectivity index (χ4v) is 2.41. The molecule has 0 aromatic carbocycles. The van der Waals surface area contributed by atoms with E-state index in [1.807, 2.05) is 0 Å². The summed E-state index contributed by atoms with van der Waals surface area (Å²) < 4.78 is 0. The van der Waals surface area contributed by atoms with E-state index >= 15 is 0 Å². The zero-order valence-corrected chi connectivity index (χ0v) is 7.42. The van der Waals surface area contributed by atoms with Crippen LogP contribution in [0.2, 0.25) is 0 Å². The van der Waals surface area contributed by atoms with Crippen molar-refractivity contribution in [2.24, 2.45) is 0 Å². The van der Waals surface area contributed by atoms with Crippen LogP contribution in [0.25, 0.3) is 0 Å². The predicted octanol–water partition coefficient (Wildman–Crippen LogP) is 0.175. The number of hydrogen-bond donors (Lipinski definition) is 1. The topological polar surface area (TPSA) is 40.5 Å². The summed E-state index contributed by atoms with van der Waals surface area (Å²) in [7, 11) is 0. The van der Waals surface area contributed by atoms with Gasteiger partial charge in [0.15, 0.2) is 5.78 Å². The molecular weight excluding hydrogens is 154 g/mol. The molecule has 2 atom stereocenters. The third-order valence-corrected chi connectivity index (χ3v) is 3.20. The van der Waals surface area contributed by atoms with E-state index in [-0.39, 0.29) is 11.8 Å². The third-order valence-electron chi connectivity index (χ3n) is 3.20. The van der Waals surface area contributed by atoms with Crippen molar-refractivity contribution in [3.8, 4) is 0 Å². The van der Waals surface area contributed by atoms with Crippen molar-refractivity contribution in [1.82, 2.24) is 4.90 Å². The van der Waals surface area contributed by atoms with E-state index in [1.54, 1.807) is 6.92 Å². The summed E-state index contributed by atoms with van der Waals surface area (Å²) in [5.41, 5.74) is -1.07. The van der Waals surface area contributed by atoms with E-state index in [4.69, 9.17) is 0 Å². The quantitative estimate of drug-likeness (QED) is 0.562. The van der Waals surface area contributed by atoms with Gasteiger partial charge in [0.2, 0.25) is 0 Å². The average molecular weight is 169 g/mol. The van der Waals surface area contributed by atoms with Gasteiger partial charge in [-0.3, -0.25) is 9.69 Å². The molecule has 0 bridgehead atoms. The molecule has 1 N–H and O–H groups in total. The van der Waals surface area contributed by atoms with Gasteiger partial charge in [-0.15, -0.1) is 0 Å². The molecule has 2 heterocycles. The van der Waals surface area contributed by atoms with Crippen LogP contribution in [0.5, 0.6) is 0 Å². The summed E-state index contributed by atoms with van der Waals surface area (Å²) in [6.45, 7) is 3.56. The van der Waals surface area contributed by atoms with E-state index < -0.39 is 5.60 Å².